The summed E-state index contributed by atoms with van der Waals surface area (Å²) in [4.78, 5) is 0. The van der Waals surface area contributed by atoms with Crippen molar-refractivity contribution in [3.05, 3.63) is 287 Å². The number of hydrogen-bond donors (Lipinski definition) is 0. The zero-order chi connectivity index (χ0) is 46.9. The number of para-hydroxylation sites is 6. The van der Waals surface area contributed by atoms with E-state index in [1.54, 1.807) is 0 Å². The van der Waals surface area contributed by atoms with Gasteiger partial charge in [-0.05, 0) is 86.6 Å². The molecule has 0 aliphatic heterocycles. The Kier molecular flexibility index (Phi) is 18.7. The summed E-state index contributed by atoms with van der Waals surface area (Å²) in [5, 5.41) is 0. The van der Waals surface area contributed by atoms with Crippen LogP contribution in [0.3, 0.4) is 0 Å². The Morgan fingerprint density at radius 3 is 0.441 bits per heavy atom. The normalized spacial score (nSPS) is 10.3. The van der Waals surface area contributed by atoms with Crippen molar-refractivity contribution >= 4 is 0 Å². The average Bonchev–Trinajstić information content (AvgIpc) is 3.40. The lowest BCUT2D eigenvalue weighted by Crippen LogP contribution is -2.21. The second-order valence-corrected chi connectivity index (χ2v) is 15.8. The van der Waals surface area contributed by atoms with Crippen molar-refractivity contribution in [3.63, 3.8) is 0 Å². The molecule has 0 aliphatic rings. The van der Waals surface area contributed by atoms with Crippen molar-refractivity contribution in [1.82, 2.24) is 0 Å². The first-order valence-corrected chi connectivity index (χ1v) is 22.9. The molecular formula is C62H58O6. The second-order valence-electron chi connectivity index (χ2n) is 15.8. The van der Waals surface area contributed by atoms with E-state index in [1.807, 2.05) is 218 Å². The molecule has 0 amide bonds. The summed E-state index contributed by atoms with van der Waals surface area (Å²) in [6, 6.07) is 79.5. The highest BCUT2D eigenvalue weighted by atomic mass is 16.5. The number of aryl methyl sites for hydroxylation is 2. The molecule has 0 aromatic heterocycles. The topological polar surface area (TPSA) is 55.4 Å². The van der Waals surface area contributed by atoms with Crippen LogP contribution in [0.2, 0.25) is 0 Å². The van der Waals surface area contributed by atoms with E-state index >= 15 is 0 Å². The molecule has 0 spiro atoms. The van der Waals surface area contributed by atoms with Crippen molar-refractivity contribution in [2.45, 2.75) is 53.5 Å². The summed E-state index contributed by atoms with van der Waals surface area (Å²) in [7, 11) is 0. The van der Waals surface area contributed by atoms with Gasteiger partial charge < -0.3 is 28.4 Å². The van der Waals surface area contributed by atoms with E-state index < -0.39 is 0 Å². The van der Waals surface area contributed by atoms with E-state index in [-0.39, 0.29) is 39.6 Å². The fourth-order valence-electron chi connectivity index (χ4n) is 7.24. The van der Waals surface area contributed by atoms with Gasteiger partial charge in [-0.1, -0.05) is 181 Å². The molecule has 342 valence electrons. The average molecular weight is 899 g/mol. The highest BCUT2D eigenvalue weighted by molar-refractivity contribution is 5.53. The highest BCUT2D eigenvalue weighted by Gasteiger charge is 2.27. The minimum Gasteiger partial charge on any atom is -0.489 e. The van der Waals surface area contributed by atoms with Crippen molar-refractivity contribution in [2.75, 3.05) is 0 Å². The zero-order valence-corrected chi connectivity index (χ0v) is 38.8. The van der Waals surface area contributed by atoms with Crippen LogP contribution < -0.4 is 28.4 Å². The Balaban J connectivity index is 0.000000418. The Bertz CT molecular complexity index is 2290. The molecule has 0 saturated carbocycles. The molecule has 0 bridgehead atoms. The maximum atomic E-state index is 6.56. The predicted octanol–water partition coefficient (Wildman–Crippen LogP) is 15.2. The van der Waals surface area contributed by atoms with Crippen molar-refractivity contribution in [1.29, 1.82) is 0 Å². The van der Waals surface area contributed by atoms with Gasteiger partial charge in [0.15, 0.2) is 0 Å². The van der Waals surface area contributed by atoms with Crippen LogP contribution in [0, 0.1) is 13.8 Å². The van der Waals surface area contributed by atoms with Gasteiger partial charge >= 0.3 is 0 Å². The summed E-state index contributed by atoms with van der Waals surface area (Å²) in [5.74, 6) is 4.52. The molecule has 0 N–H and O–H groups in total. The van der Waals surface area contributed by atoms with Gasteiger partial charge in [0.1, 0.15) is 74.1 Å². The third kappa shape index (κ3) is 15.5. The first kappa shape index (κ1) is 47.7. The van der Waals surface area contributed by atoms with Crippen molar-refractivity contribution in [2.24, 2.45) is 0 Å². The number of benzene rings is 9. The van der Waals surface area contributed by atoms with Crippen molar-refractivity contribution in [3.8, 4) is 34.5 Å². The van der Waals surface area contributed by atoms with Crippen LogP contribution in [-0.4, -0.2) is 0 Å². The Morgan fingerprint density at radius 2 is 0.324 bits per heavy atom. The maximum absolute atomic E-state index is 6.56. The fourth-order valence-corrected chi connectivity index (χ4v) is 7.24. The van der Waals surface area contributed by atoms with Gasteiger partial charge in [0.05, 0.1) is 0 Å². The molecule has 0 fully saturated rings. The van der Waals surface area contributed by atoms with Crippen LogP contribution in [-0.2, 0) is 39.6 Å². The SMILES string of the molecule is Cc1ccccc1.Cc1ccccc1.c1ccc(OCc2c(COc3ccccc3)c(COc3ccccc3)c(COc3ccccc3)c(COc3ccccc3)c2COc2ccccc2)cc1. The van der Waals surface area contributed by atoms with Crippen LogP contribution >= 0.6 is 0 Å². The zero-order valence-electron chi connectivity index (χ0n) is 38.8. The first-order valence-electron chi connectivity index (χ1n) is 22.9. The molecule has 6 heteroatoms. The summed E-state index contributed by atoms with van der Waals surface area (Å²) in [5.41, 5.74) is 8.27. The molecule has 0 heterocycles. The largest absolute Gasteiger partial charge is 0.489 e. The summed E-state index contributed by atoms with van der Waals surface area (Å²) >= 11 is 0. The van der Waals surface area contributed by atoms with Gasteiger partial charge in [0.25, 0.3) is 0 Å². The monoisotopic (exact) mass is 898 g/mol. The second kappa shape index (κ2) is 26.7. The molecule has 6 nitrogen and oxygen atoms in total. The van der Waals surface area contributed by atoms with Crippen molar-refractivity contribution < 1.29 is 28.4 Å². The van der Waals surface area contributed by atoms with Gasteiger partial charge in [-0.25, -0.2) is 0 Å². The third-order valence-electron chi connectivity index (χ3n) is 10.8. The van der Waals surface area contributed by atoms with Crippen LogP contribution in [0.25, 0.3) is 0 Å². The Labute approximate surface area is 402 Å². The number of rotatable bonds is 18. The predicted molar refractivity (Wildman–Crippen MR) is 273 cm³/mol. The Hall–Kier alpha value is -8.22. The van der Waals surface area contributed by atoms with E-state index in [4.69, 9.17) is 28.4 Å². The molecule has 9 rings (SSSR count). The lowest BCUT2D eigenvalue weighted by Gasteiger charge is -2.27. The van der Waals surface area contributed by atoms with Gasteiger partial charge in [-0.15, -0.1) is 0 Å². The van der Waals surface area contributed by atoms with Gasteiger partial charge in [-0.2, -0.15) is 0 Å². The molecule has 0 unspecified atom stereocenters. The smallest absolute Gasteiger partial charge is 0.119 e. The number of ether oxygens (including phenoxy) is 6. The van der Waals surface area contributed by atoms with E-state index in [0.29, 0.717) is 0 Å². The fraction of sp³-hybridized carbons (Fsp3) is 0.129. The summed E-state index contributed by atoms with van der Waals surface area (Å²) in [6.45, 7) is 5.68. The molecule has 9 aromatic rings. The van der Waals surface area contributed by atoms with E-state index in [2.05, 4.69) is 38.1 Å². The summed E-state index contributed by atoms with van der Waals surface area (Å²) < 4.78 is 39.3. The summed E-state index contributed by atoms with van der Waals surface area (Å²) in [6.07, 6.45) is 0. The maximum Gasteiger partial charge on any atom is 0.119 e. The van der Waals surface area contributed by atoms with E-state index in [0.717, 1.165) is 67.9 Å². The molecule has 0 radical (unpaired) electrons. The standard InChI is InChI=1S/C48H42O6.2C7H8/c1-7-19-37(20-8-1)49-31-43-44(32-50-38-21-9-2-10-22-38)46(34-52-40-25-13-4-14-26-40)48(36-54-42-29-17-6-18-30-42)47(35-53-41-27-15-5-16-28-41)45(43)33-51-39-23-11-3-12-24-39;2*1-7-5-3-2-4-6-7/h1-30H,31-36H2;2*2-6H,1H3. The molecule has 9 aromatic carbocycles. The quantitative estimate of drug-likeness (QED) is 0.0855. The molecule has 0 atom stereocenters. The van der Waals surface area contributed by atoms with Gasteiger partial charge in [0.2, 0.25) is 0 Å². The van der Waals surface area contributed by atoms with E-state index in [1.165, 1.54) is 11.1 Å². The number of hydrogen-bond acceptors (Lipinski definition) is 6. The van der Waals surface area contributed by atoms with Gasteiger partial charge in [0, 0.05) is 33.4 Å². The minimum atomic E-state index is 0.251. The molecule has 68 heavy (non-hydrogen) atoms. The van der Waals surface area contributed by atoms with Crippen LogP contribution in [0.15, 0.2) is 243 Å². The van der Waals surface area contributed by atoms with Gasteiger partial charge in [-0.3, -0.25) is 0 Å². The highest BCUT2D eigenvalue weighted by Crippen LogP contribution is 2.35. The van der Waals surface area contributed by atoms with Crippen LogP contribution in [0.5, 0.6) is 34.5 Å². The molecule has 0 aliphatic carbocycles. The lowest BCUT2D eigenvalue weighted by molar-refractivity contribution is 0.249. The van der Waals surface area contributed by atoms with Crippen LogP contribution in [0.1, 0.15) is 44.5 Å². The first-order chi connectivity index (χ1) is 33.6. The Morgan fingerprint density at radius 1 is 0.191 bits per heavy atom. The molecule has 0 saturated heterocycles. The third-order valence-corrected chi connectivity index (χ3v) is 10.8. The van der Waals surface area contributed by atoms with E-state index in [9.17, 15) is 0 Å². The molecular weight excluding hydrogens is 841 g/mol. The van der Waals surface area contributed by atoms with Crippen LogP contribution in [0.4, 0.5) is 0 Å². The minimum absolute atomic E-state index is 0.251. The lowest BCUT2D eigenvalue weighted by atomic mass is 9.87.